The van der Waals surface area contributed by atoms with Gasteiger partial charge in [0.1, 0.15) is 5.84 Å². The predicted octanol–water partition coefficient (Wildman–Crippen LogP) is 4.66. The number of anilines is 2. The summed E-state index contributed by atoms with van der Waals surface area (Å²) in [6.07, 6.45) is 2.75. The molecule has 0 bridgehead atoms. The highest BCUT2D eigenvalue weighted by atomic mass is 35.5. The number of hydrogen-bond donors (Lipinski definition) is 2. The predicted molar refractivity (Wildman–Crippen MR) is 113 cm³/mol. The van der Waals surface area contributed by atoms with Crippen molar-refractivity contribution >= 4 is 34.7 Å². The van der Waals surface area contributed by atoms with E-state index in [2.05, 4.69) is 16.7 Å². The third-order valence-electron chi connectivity index (χ3n) is 5.49. The van der Waals surface area contributed by atoms with Crippen LogP contribution in [0.2, 0.25) is 5.02 Å². The van der Waals surface area contributed by atoms with Crippen molar-refractivity contribution in [3.8, 4) is 0 Å². The van der Waals surface area contributed by atoms with E-state index in [4.69, 9.17) is 21.3 Å². The third kappa shape index (κ3) is 3.91. The highest BCUT2D eigenvalue weighted by molar-refractivity contribution is 6.30. The molecule has 0 aromatic heterocycles. The summed E-state index contributed by atoms with van der Waals surface area (Å²) in [5, 5.41) is 7.21. The van der Waals surface area contributed by atoms with Crippen molar-refractivity contribution in [2.45, 2.75) is 32.7 Å². The average Bonchev–Trinajstić information content (AvgIpc) is 2.67. The van der Waals surface area contributed by atoms with Gasteiger partial charge in [0.15, 0.2) is 0 Å². The Labute approximate surface area is 170 Å². The monoisotopic (exact) mass is 397 g/mol. The number of aliphatic imine (C=N–C) groups is 1. The first-order chi connectivity index (χ1) is 13.6. The lowest BCUT2D eigenvalue weighted by Crippen LogP contribution is -2.46. The molecule has 0 radical (unpaired) electrons. The number of amides is 1. The Balaban J connectivity index is 1.70. The van der Waals surface area contributed by atoms with Crippen molar-refractivity contribution in [3.05, 3.63) is 58.6 Å². The zero-order chi connectivity index (χ0) is 19.6. The van der Waals surface area contributed by atoms with E-state index >= 15 is 0 Å². The van der Waals surface area contributed by atoms with Gasteiger partial charge in [-0.15, -0.1) is 0 Å². The number of ether oxygens (including phenoxy) is 1. The minimum absolute atomic E-state index is 0.0569. The lowest BCUT2D eigenvalue weighted by Gasteiger charge is -2.43. The molecule has 2 aromatic carbocycles. The molecule has 2 aliphatic rings. The average molecular weight is 398 g/mol. The maximum Gasteiger partial charge on any atom is 0.221 e. The lowest BCUT2D eigenvalue weighted by molar-refractivity contribution is -0.114. The molecular formula is C22H24ClN3O2. The van der Waals surface area contributed by atoms with Gasteiger partial charge in [-0.05, 0) is 48.6 Å². The van der Waals surface area contributed by atoms with E-state index in [9.17, 15) is 4.79 Å². The van der Waals surface area contributed by atoms with Gasteiger partial charge in [-0.3, -0.25) is 9.79 Å². The van der Waals surface area contributed by atoms with Crippen LogP contribution in [0.25, 0.3) is 0 Å². The highest BCUT2D eigenvalue weighted by Gasteiger charge is 2.42. The Bertz CT molecular complexity index is 920. The van der Waals surface area contributed by atoms with Crippen LogP contribution >= 0.6 is 11.6 Å². The number of halogens is 1. The molecule has 2 heterocycles. The number of nitrogens with zero attached hydrogens (tertiary/aromatic N) is 1. The van der Waals surface area contributed by atoms with Gasteiger partial charge in [0.25, 0.3) is 0 Å². The lowest BCUT2D eigenvalue weighted by atomic mass is 9.71. The number of para-hydroxylation sites is 1. The van der Waals surface area contributed by atoms with E-state index in [1.807, 2.05) is 36.4 Å². The molecule has 2 aliphatic heterocycles. The van der Waals surface area contributed by atoms with Crippen LogP contribution in [-0.4, -0.2) is 25.0 Å². The maximum atomic E-state index is 11.6. The number of hydrogen-bond acceptors (Lipinski definition) is 3. The number of benzene rings is 2. The minimum atomic E-state index is -0.0843. The molecule has 1 amide bonds. The second-order valence-electron chi connectivity index (χ2n) is 7.51. The van der Waals surface area contributed by atoms with E-state index in [1.165, 1.54) is 12.5 Å². The summed E-state index contributed by atoms with van der Waals surface area (Å²) in [4.78, 5) is 16.6. The molecule has 1 spiro atoms. The van der Waals surface area contributed by atoms with Gasteiger partial charge in [-0.25, -0.2) is 0 Å². The molecule has 0 atom stereocenters. The smallest absolute Gasteiger partial charge is 0.221 e. The Morgan fingerprint density at radius 3 is 2.79 bits per heavy atom. The Morgan fingerprint density at radius 2 is 2.04 bits per heavy atom. The van der Waals surface area contributed by atoms with Crippen LogP contribution < -0.4 is 10.6 Å². The van der Waals surface area contributed by atoms with Crippen LogP contribution in [0.4, 0.5) is 11.4 Å². The Morgan fingerprint density at radius 1 is 1.25 bits per heavy atom. The zero-order valence-electron chi connectivity index (χ0n) is 15.9. The SMILES string of the molecule is CC(=O)Nc1cccc2c1NC(=NCc1cccc(Cl)c1)C1(CCOCC1)C2. The highest BCUT2D eigenvalue weighted by Crippen LogP contribution is 2.44. The topological polar surface area (TPSA) is 62.7 Å². The van der Waals surface area contributed by atoms with E-state index < -0.39 is 0 Å². The van der Waals surface area contributed by atoms with Gasteiger partial charge < -0.3 is 15.4 Å². The first-order valence-electron chi connectivity index (χ1n) is 9.59. The fraction of sp³-hybridized carbons (Fsp3) is 0.364. The summed E-state index contributed by atoms with van der Waals surface area (Å²) >= 11 is 6.12. The second kappa shape index (κ2) is 7.94. The van der Waals surface area contributed by atoms with E-state index in [0.29, 0.717) is 11.6 Å². The summed E-state index contributed by atoms with van der Waals surface area (Å²) in [5.74, 6) is 0.889. The van der Waals surface area contributed by atoms with E-state index in [1.54, 1.807) is 0 Å². The largest absolute Gasteiger partial charge is 0.381 e. The number of amidine groups is 1. The first-order valence-corrected chi connectivity index (χ1v) is 9.97. The van der Waals surface area contributed by atoms with E-state index in [0.717, 1.165) is 55.3 Å². The molecule has 5 nitrogen and oxygen atoms in total. The van der Waals surface area contributed by atoms with Gasteiger partial charge >= 0.3 is 0 Å². The van der Waals surface area contributed by atoms with Crippen molar-refractivity contribution in [1.82, 2.24) is 0 Å². The first kappa shape index (κ1) is 19.0. The van der Waals surface area contributed by atoms with Crippen LogP contribution in [0.5, 0.6) is 0 Å². The number of fused-ring (bicyclic) bond motifs is 1. The number of rotatable bonds is 3. The van der Waals surface area contributed by atoms with Crippen molar-refractivity contribution in [2.24, 2.45) is 10.4 Å². The van der Waals surface area contributed by atoms with Crippen molar-refractivity contribution < 1.29 is 9.53 Å². The quantitative estimate of drug-likeness (QED) is 0.791. The maximum absolute atomic E-state index is 11.6. The van der Waals surface area contributed by atoms with Gasteiger partial charge in [0.2, 0.25) is 5.91 Å². The summed E-state index contributed by atoms with van der Waals surface area (Å²) < 4.78 is 5.63. The number of nitrogens with one attached hydrogen (secondary N) is 2. The molecule has 0 saturated carbocycles. The fourth-order valence-electron chi connectivity index (χ4n) is 4.08. The summed E-state index contributed by atoms with van der Waals surface area (Å²) in [5.41, 5.74) is 3.96. The molecule has 0 unspecified atom stereocenters. The molecule has 1 saturated heterocycles. The Kier molecular flexibility index (Phi) is 5.38. The summed E-state index contributed by atoms with van der Waals surface area (Å²) in [6, 6.07) is 13.8. The Hall–Kier alpha value is -2.37. The molecule has 6 heteroatoms. The van der Waals surface area contributed by atoms with Gasteiger partial charge in [-0.1, -0.05) is 35.9 Å². The standard InChI is InChI=1S/C22H24ClN3O2/c1-15(27)25-19-7-3-5-17-13-22(8-10-28-11-9-22)21(26-20(17)19)24-14-16-4-2-6-18(23)12-16/h2-7,12H,8-11,13-14H2,1H3,(H,24,26)(H,25,27). The third-order valence-corrected chi connectivity index (χ3v) is 5.73. The van der Waals surface area contributed by atoms with Gasteiger partial charge in [-0.2, -0.15) is 0 Å². The van der Waals surface area contributed by atoms with Crippen LogP contribution in [0, 0.1) is 5.41 Å². The molecule has 146 valence electrons. The van der Waals surface area contributed by atoms with E-state index in [-0.39, 0.29) is 11.3 Å². The molecule has 4 rings (SSSR count). The molecule has 2 aromatic rings. The van der Waals surface area contributed by atoms with Crippen LogP contribution in [0.3, 0.4) is 0 Å². The molecule has 0 aliphatic carbocycles. The van der Waals surface area contributed by atoms with Crippen LogP contribution in [-0.2, 0) is 22.5 Å². The number of carbonyl (C=O) groups is 1. The van der Waals surface area contributed by atoms with Crippen molar-refractivity contribution in [3.63, 3.8) is 0 Å². The normalized spacial score (nSPS) is 19.1. The zero-order valence-corrected chi connectivity index (χ0v) is 16.7. The summed E-state index contributed by atoms with van der Waals surface area (Å²) in [6.45, 7) is 3.55. The molecule has 28 heavy (non-hydrogen) atoms. The van der Waals surface area contributed by atoms with Crippen molar-refractivity contribution in [1.29, 1.82) is 0 Å². The van der Waals surface area contributed by atoms with Crippen LogP contribution in [0.1, 0.15) is 30.9 Å². The second-order valence-corrected chi connectivity index (χ2v) is 7.95. The molecular weight excluding hydrogens is 374 g/mol. The molecule has 2 N–H and O–H groups in total. The van der Waals surface area contributed by atoms with Gasteiger partial charge in [0.05, 0.1) is 17.9 Å². The van der Waals surface area contributed by atoms with Crippen molar-refractivity contribution in [2.75, 3.05) is 23.8 Å². The molecule has 1 fully saturated rings. The van der Waals surface area contributed by atoms with Crippen LogP contribution in [0.15, 0.2) is 47.5 Å². The number of carbonyl (C=O) groups excluding carboxylic acids is 1. The fourth-order valence-corrected chi connectivity index (χ4v) is 4.29. The summed E-state index contributed by atoms with van der Waals surface area (Å²) in [7, 11) is 0. The van der Waals surface area contributed by atoms with Gasteiger partial charge in [0, 0.05) is 30.6 Å². The minimum Gasteiger partial charge on any atom is -0.381 e.